The van der Waals surface area contributed by atoms with E-state index in [-0.39, 0.29) is 42.9 Å². The van der Waals surface area contributed by atoms with Crippen LogP contribution in [0.4, 0.5) is 15.9 Å². The van der Waals surface area contributed by atoms with E-state index in [0.29, 0.717) is 69.2 Å². The summed E-state index contributed by atoms with van der Waals surface area (Å²) in [5.74, 6) is 0.322. The van der Waals surface area contributed by atoms with E-state index in [1.165, 1.54) is 5.56 Å². The fraction of sp³-hybridized carbons (Fsp3) is 0.559. The number of aromatic nitrogens is 2. The summed E-state index contributed by atoms with van der Waals surface area (Å²) in [7, 11) is 5.76. The van der Waals surface area contributed by atoms with Crippen LogP contribution >= 0.6 is 0 Å². The third-order valence-corrected chi connectivity index (χ3v) is 9.83. The summed E-state index contributed by atoms with van der Waals surface area (Å²) >= 11 is 0. The van der Waals surface area contributed by atoms with Crippen molar-refractivity contribution < 1.29 is 18.7 Å². The van der Waals surface area contributed by atoms with Gasteiger partial charge in [-0.15, -0.1) is 0 Å². The molecule has 2 saturated heterocycles. The SMILES string of the molecule is CN(C)C/C=C/C(=O)N1CCN(c2nc(OC[C@@H]3C[C@H](F)CN3C)nc3c2NC(=O)C2(CCCc4ccccc42)C3)C[C@@H]1CC#N. The predicted molar refractivity (Wildman–Crippen MR) is 172 cm³/mol. The molecule has 4 atom stereocenters. The summed E-state index contributed by atoms with van der Waals surface area (Å²) in [4.78, 5) is 44.6. The molecule has 2 fully saturated rings. The molecule has 2 aromatic rings. The highest BCUT2D eigenvalue weighted by atomic mass is 19.1. The van der Waals surface area contributed by atoms with E-state index in [1.54, 1.807) is 11.0 Å². The Morgan fingerprint density at radius 3 is 2.83 bits per heavy atom. The van der Waals surface area contributed by atoms with Gasteiger partial charge in [0.15, 0.2) is 5.82 Å². The molecule has 11 nitrogen and oxygen atoms in total. The number of benzene rings is 1. The molecule has 0 saturated carbocycles. The van der Waals surface area contributed by atoms with Crippen molar-refractivity contribution in [3.8, 4) is 12.1 Å². The van der Waals surface area contributed by atoms with Crippen molar-refractivity contribution >= 4 is 23.3 Å². The highest BCUT2D eigenvalue weighted by Gasteiger charge is 2.48. The van der Waals surface area contributed by atoms with Crippen LogP contribution in [0.25, 0.3) is 0 Å². The van der Waals surface area contributed by atoms with Crippen molar-refractivity contribution in [2.24, 2.45) is 0 Å². The number of aryl methyl sites for hydroxylation is 1. The number of halogens is 1. The fourth-order valence-electron chi connectivity index (χ4n) is 7.42. The molecule has 46 heavy (non-hydrogen) atoms. The van der Waals surface area contributed by atoms with E-state index in [1.807, 2.05) is 54.1 Å². The maximum absolute atomic E-state index is 14.1. The maximum Gasteiger partial charge on any atom is 0.318 e. The molecular weight excluding hydrogens is 587 g/mol. The minimum atomic E-state index is -0.895. The summed E-state index contributed by atoms with van der Waals surface area (Å²) in [5.41, 5.74) is 2.72. The van der Waals surface area contributed by atoms with Gasteiger partial charge in [-0.05, 0) is 58.0 Å². The highest BCUT2D eigenvalue weighted by molar-refractivity contribution is 6.04. The van der Waals surface area contributed by atoms with Gasteiger partial charge in [-0.25, -0.2) is 4.39 Å². The summed E-state index contributed by atoms with van der Waals surface area (Å²) in [6, 6.07) is 10.1. The van der Waals surface area contributed by atoms with Gasteiger partial charge in [0.2, 0.25) is 11.8 Å². The minimum absolute atomic E-state index is 0.0688. The summed E-state index contributed by atoms with van der Waals surface area (Å²) < 4.78 is 20.3. The van der Waals surface area contributed by atoms with Crippen LogP contribution < -0.4 is 15.0 Å². The summed E-state index contributed by atoms with van der Waals surface area (Å²) in [5, 5.41) is 12.9. The van der Waals surface area contributed by atoms with Gasteiger partial charge >= 0.3 is 6.01 Å². The molecule has 2 amide bonds. The molecule has 0 bridgehead atoms. The number of hydrogen-bond acceptors (Lipinski definition) is 9. The molecule has 1 aliphatic carbocycles. The summed E-state index contributed by atoms with van der Waals surface area (Å²) in [6.45, 7) is 2.46. The lowest BCUT2D eigenvalue weighted by molar-refractivity contribution is -0.128. The molecule has 0 radical (unpaired) electrons. The number of likely N-dealkylation sites (tertiary alicyclic amines) is 1. The van der Waals surface area contributed by atoms with Gasteiger partial charge in [0.1, 0.15) is 18.5 Å². The second-order valence-corrected chi connectivity index (χ2v) is 13.3. The average Bonchev–Trinajstić information content (AvgIpc) is 3.36. The van der Waals surface area contributed by atoms with Crippen LogP contribution in [0.5, 0.6) is 6.01 Å². The molecule has 1 spiro atoms. The van der Waals surface area contributed by atoms with Gasteiger partial charge in [0, 0.05) is 51.3 Å². The van der Waals surface area contributed by atoms with Gasteiger partial charge in [-0.2, -0.15) is 15.2 Å². The summed E-state index contributed by atoms with van der Waals surface area (Å²) in [6.07, 6.45) is 5.99. The Morgan fingerprint density at radius 2 is 2.07 bits per heavy atom. The number of carbonyl (C=O) groups excluding carboxylic acids is 2. The van der Waals surface area contributed by atoms with Crippen LogP contribution in [-0.4, -0.2) is 115 Å². The van der Waals surface area contributed by atoms with E-state index >= 15 is 0 Å². The zero-order valence-corrected chi connectivity index (χ0v) is 26.9. The van der Waals surface area contributed by atoms with Crippen molar-refractivity contribution in [3.05, 3.63) is 53.2 Å². The Kier molecular flexibility index (Phi) is 9.25. The zero-order chi connectivity index (χ0) is 32.4. The lowest BCUT2D eigenvalue weighted by atomic mass is 9.65. The average molecular weight is 631 g/mol. The minimum Gasteiger partial charge on any atom is -0.462 e. The molecule has 4 heterocycles. The highest BCUT2D eigenvalue weighted by Crippen LogP contribution is 2.46. The molecule has 1 aromatic carbocycles. The van der Waals surface area contributed by atoms with Gasteiger partial charge in [0.05, 0.1) is 29.6 Å². The van der Waals surface area contributed by atoms with E-state index < -0.39 is 11.6 Å². The molecule has 244 valence electrons. The van der Waals surface area contributed by atoms with Crippen LogP contribution in [0.1, 0.15) is 42.5 Å². The van der Waals surface area contributed by atoms with Crippen LogP contribution in [0.3, 0.4) is 0 Å². The van der Waals surface area contributed by atoms with E-state index in [4.69, 9.17) is 14.7 Å². The molecule has 1 N–H and O–H groups in total. The Labute approximate surface area is 270 Å². The quantitative estimate of drug-likeness (QED) is 0.440. The van der Waals surface area contributed by atoms with Crippen LogP contribution in [-0.2, 0) is 27.8 Å². The smallest absolute Gasteiger partial charge is 0.318 e. The van der Waals surface area contributed by atoms with Crippen molar-refractivity contribution in [2.45, 2.75) is 62.2 Å². The number of nitrogens with zero attached hydrogens (tertiary/aromatic N) is 7. The Hall–Kier alpha value is -4.08. The fourth-order valence-corrected chi connectivity index (χ4v) is 7.42. The monoisotopic (exact) mass is 630 g/mol. The van der Waals surface area contributed by atoms with Crippen molar-refractivity contribution in [2.75, 3.05) is 70.7 Å². The third-order valence-electron chi connectivity index (χ3n) is 9.83. The number of rotatable bonds is 8. The first-order valence-electron chi connectivity index (χ1n) is 16.2. The number of hydrogen-bond donors (Lipinski definition) is 1. The maximum atomic E-state index is 14.1. The molecule has 1 unspecified atom stereocenters. The first kappa shape index (κ1) is 31.9. The molecule has 1 aromatic heterocycles. The standard InChI is InChI=1S/C34H43FN8O3/c1-40(2)15-7-11-29(44)43-17-16-42(21-25(43)12-14-36)31-30-28(37-33(39-31)46-22-26-18-24(35)20-41(26)3)19-34(32(45)38-30)13-6-9-23-8-4-5-10-27(23)34/h4-5,7-8,10-11,24-26H,6,9,12-13,15-22H2,1-3H3,(H,38,45)/b11-7+/t24-,25-,26-,34?/m0/s1. The van der Waals surface area contributed by atoms with Gasteiger partial charge < -0.3 is 24.8 Å². The number of likely N-dealkylation sites (N-methyl/N-ethyl adjacent to an activating group) is 2. The zero-order valence-electron chi connectivity index (χ0n) is 26.9. The number of anilines is 2. The predicted octanol–water partition coefficient (Wildman–Crippen LogP) is 2.72. The molecule has 12 heteroatoms. The number of piperazine rings is 1. The van der Waals surface area contributed by atoms with Gasteiger partial charge in [-0.3, -0.25) is 14.5 Å². The van der Waals surface area contributed by atoms with Crippen molar-refractivity contribution in [1.29, 1.82) is 5.26 Å². The molecular formula is C34H43FN8O3. The molecule has 6 rings (SSSR count). The van der Waals surface area contributed by atoms with Crippen molar-refractivity contribution in [3.63, 3.8) is 0 Å². The number of amides is 2. The number of ether oxygens (including phenoxy) is 1. The lowest BCUT2D eigenvalue weighted by Gasteiger charge is -2.44. The normalized spacial score (nSPS) is 26.3. The van der Waals surface area contributed by atoms with Crippen molar-refractivity contribution in [1.82, 2.24) is 24.7 Å². The van der Waals surface area contributed by atoms with Gasteiger partial charge in [0.25, 0.3) is 0 Å². The van der Waals surface area contributed by atoms with Gasteiger partial charge in [-0.1, -0.05) is 30.3 Å². The second kappa shape index (κ2) is 13.3. The largest absolute Gasteiger partial charge is 0.462 e. The first-order chi connectivity index (χ1) is 22.2. The number of fused-ring (bicyclic) bond motifs is 3. The van der Waals surface area contributed by atoms with E-state index in [0.717, 1.165) is 18.4 Å². The first-order valence-corrected chi connectivity index (χ1v) is 16.2. The Bertz CT molecular complexity index is 1540. The Morgan fingerprint density at radius 1 is 1.24 bits per heavy atom. The van der Waals surface area contributed by atoms with Crippen LogP contribution in [0, 0.1) is 11.3 Å². The van der Waals surface area contributed by atoms with E-state index in [2.05, 4.69) is 23.5 Å². The topological polar surface area (TPSA) is 118 Å². The lowest BCUT2D eigenvalue weighted by Crippen LogP contribution is -2.55. The number of nitrogens with one attached hydrogen (secondary N) is 1. The molecule has 4 aliphatic rings. The third kappa shape index (κ3) is 6.31. The van der Waals surface area contributed by atoms with Crippen LogP contribution in [0.15, 0.2) is 36.4 Å². The van der Waals surface area contributed by atoms with E-state index in [9.17, 15) is 19.2 Å². The molecule has 3 aliphatic heterocycles. The van der Waals surface area contributed by atoms with Crippen LogP contribution in [0.2, 0.25) is 0 Å². The second-order valence-electron chi connectivity index (χ2n) is 13.3. The number of alkyl halides is 1. The number of carbonyl (C=O) groups is 2. The number of nitriles is 1. The Balaban J connectivity index is 1.33.